The van der Waals surface area contributed by atoms with Crippen LogP contribution in [-0.4, -0.2) is 12.8 Å². The lowest BCUT2D eigenvalue weighted by atomic mass is 10.1. The average Bonchev–Trinajstić information content (AvgIpc) is 2.49. The standard InChI is InChI=1S/C17H21FN2S/c1-3-21-17-6-4-5-16(15(17)11-19)20(2)12-13-7-9-14(18)10-8-13/h4-10H,3,11-12,19H2,1-2H3. The molecule has 0 aliphatic carbocycles. The highest BCUT2D eigenvalue weighted by atomic mass is 32.2. The van der Waals surface area contributed by atoms with Gasteiger partial charge in [0.15, 0.2) is 0 Å². The van der Waals surface area contributed by atoms with Gasteiger partial charge in [-0.15, -0.1) is 11.8 Å². The number of rotatable bonds is 6. The topological polar surface area (TPSA) is 29.3 Å². The molecule has 0 radical (unpaired) electrons. The van der Waals surface area contributed by atoms with E-state index in [9.17, 15) is 4.39 Å². The second kappa shape index (κ2) is 7.48. The van der Waals surface area contributed by atoms with Crippen molar-refractivity contribution in [2.75, 3.05) is 17.7 Å². The molecule has 2 aromatic carbocycles. The molecule has 21 heavy (non-hydrogen) atoms. The molecule has 0 unspecified atom stereocenters. The summed E-state index contributed by atoms with van der Waals surface area (Å²) in [6.07, 6.45) is 0. The number of benzene rings is 2. The van der Waals surface area contributed by atoms with Crippen molar-refractivity contribution in [3.8, 4) is 0 Å². The van der Waals surface area contributed by atoms with Crippen LogP contribution in [0, 0.1) is 5.82 Å². The summed E-state index contributed by atoms with van der Waals surface area (Å²) in [6.45, 7) is 3.39. The molecule has 0 heterocycles. The lowest BCUT2D eigenvalue weighted by molar-refractivity contribution is 0.627. The fraction of sp³-hybridized carbons (Fsp3) is 0.294. The second-order valence-corrected chi connectivity index (χ2v) is 6.18. The minimum atomic E-state index is -0.203. The molecule has 4 heteroatoms. The molecule has 0 amide bonds. The van der Waals surface area contributed by atoms with Gasteiger partial charge in [-0.05, 0) is 35.6 Å². The van der Waals surface area contributed by atoms with Crippen LogP contribution in [0.2, 0.25) is 0 Å². The van der Waals surface area contributed by atoms with Gasteiger partial charge >= 0.3 is 0 Å². The smallest absolute Gasteiger partial charge is 0.123 e. The lowest BCUT2D eigenvalue weighted by Crippen LogP contribution is -2.19. The average molecular weight is 304 g/mol. The van der Waals surface area contributed by atoms with Crippen LogP contribution in [0.3, 0.4) is 0 Å². The molecule has 2 N–H and O–H groups in total. The van der Waals surface area contributed by atoms with E-state index < -0.39 is 0 Å². The molecule has 0 aromatic heterocycles. The molecule has 0 aliphatic rings. The maximum Gasteiger partial charge on any atom is 0.123 e. The van der Waals surface area contributed by atoms with E-state index in [1.54, 1.807) is 0 Å². The van der Waals surface area contributed by atoms with E-state index in [0.29, 0.717) is 6.54 Å². The van der Waals surface area contributed by atoms with Crippen molar-refractivity contribution in [3.63, 3.8) is 0 Å². The molecule has 0 bridgehead atoms. The first kappa shape index (κ1) is 15.9. The van der Waals surface area contributed by atoms with Crippen LogP contribution in [0.25, 0.3) is 0 Å². The van der Waals surface area contributed by atoms with Gasteiger partial charge in [-0.25, -0.2) is 4.39 Å². The first-order valence-electron chi connectivity index (χ1n) is 7.06. The Hall–Kier alpha value is -1.52. The Balaban J connectivity index is 2.23. The Kier molecular flexibility index (Phi) is 5.65. The number of nitrogens with zero attached hydrogens (tertiary/aromatic N) is 1. The summed E-state index contributed by atoms with van der Waals surface area (Å²) in [5.41, 5.74) is 9.34. The zero-order valence-corrected chi connectivity index (χ0v) is 13.3. The van der Waals surface area contributed by atoms with Crippen molar-refractivity contribution in [2.45, 2.75) is 24.9 Å². The van der Waals surface area contributed by atoms with E-state index in [0.717, 1.165) is 23.5 Å². The van der Waals surface area contributed by atoms with Crippen LogP contribution in [-0.2, 0) is 13.1 Å². The number of hydrogen-bond acceptors (Lipinski definition) is 3. The molecule has 0 atom stereocenters. The fourth-order valence-corrected chi connectivity index (χ4v) is 3.20. The van der Waals surface area contributed by atoms with E-state index in [2.05, 4.69) is 30.0 Å². The van der Waals surface area contributed by atoms with Gasteiger partial charge in [0.05, 0.1) is 0 Å². The summed E-state index contributed by atoms with van der Waals surface area (Å²) < 4.78 is 13.0. The number of anilines is 1. The highest BCUT2D eigenvalue weighted by Gasteiger charge is 2.11. The van der Waals surface area contributed by atoms with Crippen LogP contribution in [0.15, 0.2) is 47.4 Å². The third-order valence-electron chi connectivity index (χ3n) is 3.36. The van der Waals surface area contributed by atoms with Crippen LogP contribution < -0.4 is 10.6 Å². The number of hydrogen-bond donors (Lipinski definition) is 1. The van der Waals surface area contributed by atoms with Crippen LogP contribution >= 0.6 is 11.8 Å². The normalized spacial score (nSPS) is 10.7. The number of halogens is 1. The molecule has 0 fully saturated rings. The first-order valence-corrected chi connectivity index (χ1v) is 8.04. The van der Waals surface area contributed by atoms with Crippen LogP contribution in [0.4, 0.5) is 10.1 Å². The van der Waals surface area contributed by atoms with Gasteiger partial charge in [-0.2, -0.15) is 0 Å². The van der Waals surface area contributed by atoms with Crippen molar-refractivity contribution >= 4 is 17.4 Å². The summed E-state index contributed by atoms with van der Waals surface area (Å²) in [7, 11) is 2.04. The Morgan fingerprint density at radius 2 is 1.86 bits per heavy atom. The highest BCUT2D eigenvalue weighted by Crippen LogP contribution is 2.30. The molecule has 2 nitrogen and oxygen atoms in total. The third kappa shape index (κ3) is 3.99. The second-order valence-electron chi connectivity index (χ2n) is 4.87. The van der Waals surface area contributed by atoms with Crippen LogP contribution in [0.5, 0.6) is 0 Å². The predicted octanol–water partition coefficient (Wildman–Crippen LogP) is 4.03. The lowest BCUT2D eigenvalue weighted by Gasteiger charge is -2.24. The van der Waals surface area contributed by atoms with E-state index in [-0.39, 0.29) is 5.82 Å². The largest absolute Gasteiger partial charge is 0.370 e. The van der Waals surface area contributed by atoms with Crippen molar-refractivity contribution < 1.29 is 4.39 Å². The molecule has 0 saturated carbocycles. The van der Waals surface area contributed by atoms with Crippen LogP contribution in [0.1, 0.15) is 18.1 Å². The minimum absolute atomic E-state index is 0.203. The molecular formula is C17H21FN2S. The molecule has 0 saturated heterocycles. The molecule has 2 rings (SSSR count). The summed E-state index contributed by atoms with van der Waals surface area (Å²) in [5, 5.41) is 0. The summed E-state index contributed by atoms with van der Waals surface area (Å²) in [6, 6.07) is 12.9. The van der Waals surface area contributed by atoms with Gasteiger partial charge in [0.2, 0.25) is 0 Å². The Bertz CT molecular complexity index is 584. The summed E-state index contributed by atoms with van der Waals surface area (Å²) >= 11 is 1.81. The van der Waals surface area contributed by atoms with E-state index in [4.69, 9.17) is 5.73 Å². The van der Waals surface area contributed by atoms with Crippen molar-refractivity contribution in [2.24, 2.45) is 5.73 Å². The summed E-state index contributed by atoms with van der Waals surface area (Å²) in [4.78, 5) is 3.40. The van der Waals surface area contributed by atoms with Gasteiger partial charge < -0.3 is 10.6 Å². The Morgan fingerprint density at radius 1 is 1.14 bits per heavy atom. The SMILES string of the molecule is CCSc1cccc(N(C)Cc2ccc(F)cc2)c1CN. The van der Waals surface area contributed by atoms with Crippen molar-refractivity contribution in [1.29, 1.82) is 0 Å². The third-order valence-corrected chi connectivity index (χ3v) is 4.34. The van der Waals surface area contributed by atoms with Gasteiger partial charge in [-0.3, -0.25) is 0 Å². The molecule has 0 spiro atoms. The summed E-state index contributed by atoms with van der Waals surface area (Å²) in [5.74, 6) is 0.823. The van der Waals surface area contributed by atoms with E-state index >= 15 is 0 Å². The zero-order valence-electron chi connectivity index (χ0n) is 12.5. The zero-order chi connectivity index (χ0) is 15.2. The fourth-order valence-electron chi connectivity index (χ4n) is 2.36. The molecular weight excluding hydrogens is 283 g/mol. The molecule has 112 valence electrons. The first-order chi connectivity index (χ1) is 10.2. The number of nitrogens with two attached hydrogens (primary N) is 1. The van der Waals surface area contributed by atoms with E-state index in [1.807, 2.05) is 30.9 Å². The maximum atomic E-state index is 13.0. The molecule has 0 aliphatic heterocycles. The Labute approximate surface area is 130 Å². The van der Waals surface area contributed by atoms with Gasteiger partial charge in [0, 0.05) is 36.3 Å². The minimum Gasteiger partial charge on any atom is -0.370 e. The van der Waals surface area contributed by atoms with Gasteiger partial charge in [0.25, 0.3) is 0 Å². The quantitative estimate of drug-likeness (QED) is 0.817. The van der Waals surface area contributed by atoms with Crippen molar-refractivity contribution in [3.05, 3.63) is 59.4 Å². The monoisotopic (exact) mass is 304 g/mol. The maximum absolute atomic E-state index is 13.0. The Morgan fingerprint density at radius 3 is 2.48 bits per heavy atom. The predicted molar refractivity (Wildman–Crippen MR) is 89.2 cm³/mol. The highest BCUT2D eigenvalue weighted by molar-refractivity contribution is 7.99. The number of thioether (sulfide) groups is 1. The van der Waals surface area contributed by atoms with Gasteiger partial charge in [-0.1, -0.05) is 25.1 Å². The van der Waals surface area contributed by atoms with Crippen molar-refractivity contribution in [1.82, 2.24) is 0 Å². The molecule has 2 aromatic rings. The van der Waals surface area contributed by atoms with E-state index in [1.165, 1.54) is 22.6 Å². The van der Waals surface area contributed by atoms with Gasteiger partial charge in [0.1, 0.15) is 5.82 Å².